The van der Waals surface area contributed by atoms with Gasteiger partial charge in [-0.15, -0.1) is 11.6 Å². The van der Waals surface area contributed by atoms with Crippen molar-refractivity contribution in [3.63, 3.8) is 0 Å². The number of alkyl halides is 4. The number of carboxylic acid groups (broad SMARTS) is 1. The fraction of sp³-hybridized carbons (Fsp3) is 0.875. The van der Waals surface area contributed by atoms with Crippen LogP contribution in [0.15, 0.2) is 0 Å². The van der Waals surface area contributed by atoms with E-state index in [1.165, 1.54) is 0 Å². The minimum absolute atomic E-state index is 0.297. The Bertz CT molecular complexity index is 259. The normalized spacial score (nSPS) is 32.4. The molecule has 1 aliphatic rings. The van der Waals surface area contributed by atoms with E-state index in [-0.39, 0.29) is 5.92 Å². The molecule has 0 amide bonds. The van der Waals surface area contributed by atoms with Gasteiger partial charge in [0.1, 0.15) is 0 Å². The zero-order chi connectivity index (χ0) is 11.3. The molecule has 1 aliphatic carbocycles. The summed E-state index contributed by atoms with van der Waals surface area (Å²) in [6, 6.07) is 0. The topological polar surface area (TPSA) is 37.3 Å². The van der Waals surface area contributed by atoms with Crippen LogP contribution in [0.4, 0.5) is 0 Å². The lowest BCUT2D eigenvalue weighted by atomic mass is 10.1. The van der Waals surface area contributed by atoms with Gasteiger partial charge in [-0.25, -0.2) is 0 Å². The Morgan fingerprint density at radius 1 is 1.43 bits per heavy atom. The van der Waals surface area contributed by atoms with E-state index >= 15 is 0 Å². The highest BCUT2D eigenvalue weighted by Gasteiger charge is 2.67. The summed E-state index contributed by atoms with van der Waals surface area (Å²) in [4.78, 5) is 10.8. The van der Waals surface area contributed by atoms with Crippen LogP contribution in [0.25, 0.3) is 0 Å². The third-order valence-electron chi connectivity index (χ3n) is 2.80. The Hall–Kier alpha value is 0.630. The highest BCUT2D eigenvalue weighted by molar-refractivity contribution is 6.70. The van der Waals surface area contributed by atoms with Gasteiger partial charge in [0.15, 0.2) is 0 Å². The number of hydrogen-bond acceptors (Lipinski definition) is 1. The summed E-state index contributed by atoms with van der Waals surface area (Å²) < 4.78 is -1.62. The minimum Gasteiger partial charge on any atom is -0.481 e. The van der Waals surface area contributed by atoms with Crippen LogP contribution in [0.2, 0.25) is 0 Å². The Morgan fingerprint density at radius 2 is 1.86 bits per heavy atom. The highest BCUT2D eigenvalue weighted by Crippen LogP contribution is 2.64. The smallest absolute Gasteiger partial charge is 0.307 e. The Kier molecular flexibility index (Phi) is 3.25. The quantitative estimate of drug-likeness (QED) is 0.788. The fourth-order valence-electron chi connectivity index (χ4n) is 1.90. The molecule has 1 rings (SSSR count). The van der Waals surface area contributed by atoms with Crippen LogP contribution in [0.1, 0.15) is 13.8 Å². The van der Waals surface area contributed by atoms with Gasteiger partial charge in [0.2, 0.25) is 3.79 Å². The first-order valence-corrected chi connectivity index (χ1v) is 5.60. The molecule has 0 heterocycles. The van der Waals surface area contributed by atoms with Crippen molar-refractivity contribution in [1.82, 2.24) is 0 Å². The predicted octanol–water partition coefficient (Wildman–Crippen LogP) is 3.32. The summed E-state index contributed by atoms with van der Waals surface area (Å²) in [5.41, 5.74) is -0.401. The second kappa shape index (κ2) is 3.58. The van der Waals surface area contributed by atoms with Crippen LogP contribution >= 0.6 is 46.4 Å². The molecule has 0 aliphatic heterocycles. The fourth-order valence-corrected chi connectivity index (χ4v) is 2.78. The Morgan fingerprint density at radius 3 is 2.07 bits per heavy atom. The molecule has 3 atom stereocenters. The second-order valence-electron chi connectivity index (χ2n) is 4.11. The number of rotatable bonds is 2. The molecule has 1 N–H and O–H groups in total. The molecule has 0 bridgehead atoms. The van der Waals surface area contributed by atoms with Crippen molar-refractivity contribution in [2.75, 3.05) is 0 Å². The maximum atomic E-state index is 10.8. The van der Waals surface area contributed by atoms with Gasteiger partial charge in [-0.2, -0.15) is 0 Å². The predicted molar refractivity (Wildman–Crippen MR) is 58.3 cm³/mol. The second-order valence-corrected chi connectivity index (χ2v) is 6.95. The summed E-state index contributed by atoms with van der Waals surface area (Å²) in [6.07, 6.45) is 0. The molecule has 0 aromatic rings. The van der Waals surface area contributed by atoms with Gasteiger partial charge >= 0.3 is 5.97 Å². The molecule has 0 saturated heterocycles. The number of aliphatic carboxylic acids is 1. The maximum absolute atomic E-state index is 10.8. The van der Waals surface area contributed by atoms with E-state index in [0.717, 1.165) is 0 Å². The van der Waals surface area contributed by atoms with Crippen molar-refractivity contribution in [2.45, 2.75) is 23.0 Å². The van der Waals surface area contributed by atoms with Crippen LogP contribution in [0.5, 0.6) is 0 Å². The van der Waals surface area contributed by atoms with E-state index in [1.54, 1.807) is 0 Å². The molecule has 0 aromatic heterocycles. The molecule has 6 heteroatoms. The van der Waals surface area contributed by atoms with Gasteiger partial charge in [-0.3, -0.25) is 4.79 Å². The Balaban J connectivity index is 2.79. The molecule has 14 heavy (non-hydrogen) atoms. The summed E-state index contributed by atoms with van der Waals surface area (Å²) >= 11 is 22.8. The van der Waals surface area contributed by atoms with E-state index in [1.807, 2.05) is 13.8 Å². The van der Waals surface area contributed by atoms with E-state index in [0.29, 0.717) is 0 Å². The number of halogens is 4. The number of carbonyl (C=O) groups is 1. The molecule has 82 valence electrons. The average Bonchev–Trinajstić information content (AvgIpc) is 2.49. The molecule has 0 spiro atoms. The standard InChI is InChI=1S/C8H10Cl4O2/c1-7(2)3(4(7)6(13)14)5(9)8(10,11)12/h3-5H,1-2H3,(H,13,14)/t3-,4+,5?/m1/s1. The first-order valence-electron chi connectivity index (χ1n) is 4.03. The summed E-state index contributed by atoms with van der Waals surface area (Å²) in [5, 5.41) is 8.11. The lowest BCUT2D eigenvalue weighted by molar-refractivity contribution is -0.139. The van der Waals surface area contributed by atoms with Gasteiger partial charge in [-0.1, -0.05) is 48.7 Å². The largest absolute Gasteiger partial charge is 0.481 e. The van der Waals surface area contributed by atoms with Crippen molar-refractivity contribution in [1.29, 1.82) is 0 Å². The molecule has 1 unspecified atom stereocenters. The van der Waals surface area contributed by atoms with Gasteiger partial charge in [0, 0.05) is 0 Å². The molecule has 0 aromatic carbocycles. The van der Waals surface area contributed by atoms with Gasteiger partial charge in [0.25, 0.3) is 0 Å². The molecule has 2 nitrogen and oxygen atoms in total. The molecule has 1 fully saturated rings. The van der Waals surface area contributed by atoms with Crippen LogP contribution in [-0.4, -0.2) is 20.2 Å². The minimum atomic E-state index is -1.62. The van der Waals surface area contributed by atoms with Crippen LogP contribution < -0.4 is 0 Å². The van der Waals surface area contributed by atoms with Crippen molar-refractivity contribution in [3.8, 4) is 0 Å². The number of carboxylic acids is 1. The zero-order valence-electron chi connectivity index (χ0n) is 7.60. The average molecular weight is 280 g/mol. The lowest BCUT2D eigenvalue weighted by Gasteiger charge is -2.18. The monoisotopic (exact) mass is 278 g/mol. The van der Waals surface area contributed by atoms with Crippen LogP contribution in [0, 0.1) is 17.3 Å². The third-order valence-corrected chi connectivity index (χ3v) is 4.44. The van der Waals surface area contributed by atoms with E-state index in [9.17, 15) is 4.79 Å². The van der Waals surface area contributed by atoms with Crippen molar-refractivity contribution in [2.24, 2.45) is 17.3 Å². The zero-order valence-corrected chi connectivity index (χ0v) is 10.6. The maximum Gasteiger partial charge on any atom is 0.307 e. The van der Waals surface area contributed by atoms with E-state index in [4.69, 9.17) is 51.5 Å². The SMILES string of the molecule is CC1(C)[C@H](C(=O)O)[C@@H]1C(Cl)C(Cl)(Cl)Cl. The van der Waals surface area contributed by atoms with E-state index in [2.05, 4.69) is 0 Å². The molecular formula is C8H10Cl4O2. The Labute approximate surface area is 102 Å². The highest BCUT2D eigenvalue weighted by atomic mass is 35.6. The molecular weight excluding hydrogens is 270 g/mol. The van der Waals surface area contributed by atoms with Gasteiger partial charge in [-0.05, 0) is 11.3 Å². The summed E-state index contributed by atoms with van der Waals surface area (Å²) in [5.74, 6) is -1.71. The summed E-state index contributed by atoms with van der Waals surface area (Å²) in [6.45, 7) is 3.62. The van der Waals surface area contributed by atoms with Crippen molar-refractivity contribution < 1.29 is 9.90 Å². The number of hydrogen-bond donors (Lipinski definition) is 1. The van der Waals surface area contributed by atoms with Crippen LogP contribution in [0.3, 0.4) is 0 Å². The van der Waals surface area contributed by atoms with E-state index < -0.39 is 26.5 Å². The van der Waals surface area contributed by atoms with Crippen molar-refractivity contribution in [3.05, 3.63) is 0 Å². The lowest BCUT2D eigenvalue weighted by Crippen LogP contribution is -2.24. The third kappa shape index (κ3) is 2.08. The van der Waals surface area contributed by atoms with Gasteiger partial charge in [0.05, 0.1) is 11.3 Å². The summed E-state index contributed by atoms with van der Waals surface area (Å²) in [7, 11) is 0. The van der Waals surface area contributed by atoms with Crippen molar-refractivity contribution >= 4 is 52.4 Å². The first kappa shape index (κ1) is 12.7. The van der Waals surface area contributed by atoms with Crippen LogP contribution in [-0.2, 0) is 4.79 Å². The molecule has 0 radical (unpaired) electrons. The molecule has 1 saturated carbocycles. The first-order chi connectivity index (χ1) is 6.10. The van der Waals surface area contributed by atoms with Gasteiger partial charge < -0.3 is 5.11 Å².